The number of halogens is 2. The molecule has 1 aromatic rings. The second kappa shape index (κ2) is 9.99. The third kappa shape index (κ3) is 6.91. The SMILES string of the molecule is CN=C(NCCOCC1CC1)N(C)Cc1cccc(F)c1.I. The van der Waals surface area contributed by atoms with Crippen LogP contribution in [0.5, 0.6) is 0 Å². The second-order valence-electron chi connectivity index (χ2n) is 5.48. The van der Waals surface area contributed by atoms with E-state index in [2.05, 4.69) is 10.3 Å². The lowest BCUT2D eigenvalue weighted by Crippen LogP contribution is -2.40. The molecule has 0 aromatic heterocycles. The molecule has 2 rings (SSSR count). The summed E-state index contributed by atoms with van der Waals surface area (Å²) in [5.74, 6) is 1.37. The van der Waals surface area contributed by atoms with E-state index < -0.39 is 0 Å². The van der Waals surface area contributed by atoms with Gasteiger partial charge in [-0.05, 0) is 36.5 Å². The highest BCUT2D eigenvalue weighted by Crippen LogP contribution is 2.28. The number of nitrogens with one attached hydrogen (secondary N) is 1. The van der Waals surface area contributed by atoms with Crippen LogP contribution in [0.25, 0.3) is 0 Å². The number of benzene rings is 1. The lowest BCUT2D eigenvalue weighted by molar-refractivity contribution is 0.128. The maximum Gasteiger partial charge on any atom is 0.193 e. The van der Waals surface area contributed by atoms with E-state index in [4.69, 9.17) is 4.74 Å². The number of hydrogen-bond acceptors (Lipinski definition) is 2. The van der Waals surface area contributed by atoms with Gasteiger partial charge in [0.15, 0.2) is 5.96 Å². The molecule has 1 saturated carbocycles. The van der Waals surface area contributed by atoms with Crippen molar-refractivity contribution in [3.63, 3.8) is 0 Å². The van der Waals surface area contributed by atoms with E-state index in [1.165, 1.54) is 18.9 Å². The predicted octanol–water partition coefficient (Wildman–Crippen LogP) is 2.88. The van der Waals surface area contributed by atoms with Gasteiger partial charge in [0.05, 0.1) is 6.61 Å². The molecule has 6 heteroatoms. The van der Waals surface area contributed by atoms with Gasteiger partial charge in [-0.25, -0.2) is 4.39 Å². The van der Waals surface area contributed by atoms with E-state index in [0.29, 0.717) is 13.2 Å². The fraction of sp³-hybridized carbons (Fsp3) is 0.562. The average molecular weight is 421 g/mol. The molecule has 0 aliphatic heterocycles. The van der Waals surface area contributed by atoms with Crippen molar-refractivity contribution in [2.75, 3.05) is 33.9 Å². The molecule has 0 bridgehead atoms. The molecule has 0 spiro atoms. The number of rotatable bonds is 7. The van der Waals surface area contributed by atoms with Crippen LogP contribution in [0.2, 0.25) is 0 Å². The molecule has 4 nitrogen and oxygen atoms in total. The smallest absolute Gasteiger partial charge is 0.193 e. The van der Waals surface area contributed by atoms with Crippen molar-refractivity contribution in [3.8, 4) is 0 Å². The van der Waals surface area contributed by atoms with Gasteiger partial charge in [0.25, 0.3) is 0 Å². The molecule has 1 fully saturated rings. The number of guanidine groups is 1. The first kappa shape index (κ1) is 19.2. The van der Waals surface area contributed by atoms with Gasteiger partial charge in [-0.3, -0.25) is 4.99 Å². The first-order valence-electron chi connectivity index (χ1n) is 7.43. The van der Waals surface area contributed by atoms with E-state index in [1.807, 2.05) is 18.0 Å². The van der Waals surface area contributed by atoms with E-state index >= 15 is 0 Å². The number of ether oxygens (including phenoxy) is 1. The van der Waals surface area contributed by atoms with E-state index in [1.54, 1.807) is 19.2 Å². The maximum absolute atomic E-state index is 13.2. The van der Waals surface area contributed by atoms with E-state index in [0.717, 1.165) is 30.6 Å². The third-order valence-corrected chi connectivity index (χ3v) is 3.46. The zero-order valence-corrected chi connectivity index (χ0v) is 15.5. The minimum absolute atomic E-state index is 0. The molecule has 22 heavy (non-hydrogen) atoms. The Labute approximate surface area is 149 Å². The van der Waals surface area contributed by atoms with Crippen molar-refractivity contribution in [3.05, 3.63) is 35.6 Å². The Bertz CT molecular complexity index is 480. The number of nitrogens with zero attached hydrogens (tertiary/aromatic N) is 2. The summed E-state index contributed by atoms with van der Waals surface area (Å²) in [7, 11) is 3.68. The fourth-order valence-corrected chi connectivity index (χ4v) is 2.14. The summed E-state index contributed by atoms with van der Waals surface area (Å²) in [6.45, 7) is 2.90. The molecular formula is C16H25FIN3O. The van der Waals surface area contributed by atoms with Gasteiger partial charge in [0.1, 0.15) is 5.82 Å². The van der Waals surface area contributed by atoms with Gasteiger partial charge >= 0.3 is 0 Å². The Morgan fingerprint density at radius 1 is 1.45 bits per heavy atom. The predicted molar refractivity (Wildman–Crippen MR) is 98.2 cm³/mol. The number of hydrogen-bond donors (Lipinski definition) is 1. The quantitative estimate of drug-likeness (QED) is 0.319. The summed E-state index contributed by atoms with van der Waals surface area (Å²) in [6, 6.07) is 6.63. The monoisotopic (exact) mass is 421 g/mol. The van der Waals surface area contributed by atoms with Gasteiger partial charge in [-0.1, -0.05) is 12.1 Å². The van der Waals surface area contributed by atoms with Gasteiger partial charge in [0, 0.05) is 33.8 Å². The minimum atomic E-state index is -0.211. The van der Waals surface area contributed by atoms with Crippen LogP contribution < -0.4 is 5.32 Å². The van der Waals surface area contributed by atoms with Gasteiger partial charge in [0.2, 0.25) is 0 Å². The molecule has 1 aliphatic carbocycles. The number of aliphatic imine (C=N–C) groups is 1. The van der Waals surface area contributed by atoms with Crippen LogP contribution in [0.3, 0.4) is 0 Å². The summed E-state index contributed by atoms with van der Waals surface area (Å²) in [5.41, 5.74) is 0.922. The summed E-state index contributed by atoms with van der Waals surface area (Å²) in [5, 5.41) is 3.26. The van der Waals surface area contributed by atoms with Crippen molar-refractivity contribution in [1.82, 2.24) is 10.2 Å². The van der Waals surface area contributed by atoms with Crippen LogP contribution in [0, 0.1) is 11.7 Å². The van der Waals surface area contributed by atoms with Gasteiger partial charge < -0.3 is 15.0 Å². The normalized spacial score (nSPS) is 14.4. The lowest BCUT2D eigenvalue weighted by atomic mass is 10.2. The minimum Gasteiger partial charge on any atom is -0.379 e. The molecule has 1 N–H and O–H groups in total. The van der Waals surface area contributed by atoms with Crippen LogP contribution in [0.1, 0.15) is 18.4 Å². The standard InChI is InChI=1S/C16H24FN3O.HI/c1-18-16(19-8-9-21-12-13-6-7-13)20(2)11-14-4-3-5-15(17)10-14;/h3-5,10,13H,6-9,11-12H2,1-2H3,(H,18,19);1H. The zero-order chi connectivity index (χ0) is 15.1. The van der Waals surface area contributed by atoms with Crippen molar-refractivity contribution >= 4 is 29.9 Å². The van der Waals surface area contributed by atoms with Crippen LogP contribution in [-0.2, 0) is 11.3 Å². The third-order valence-electron chi connectivity index (χ3n) is 3.46. The van der Waals surface area contributed by atoms with Crippen molar-refractivity contribution in [2.45, 2.75) is 19.4 Å². The second-order valence-corrected chi connectivity index (χ2v) is 5.48. The topological polar surface area (TPSA) is 36.9 Å². The molecule has 0 atom stereocenters. The highest BCUT2D eigenvalue weighted by Gasteiger charge is 2.20. The zero-order valence-electron chi connectivity index (χ0n) is 13.2. The highest BCUT2D eigenvalue weighted by molar-refractivity contribution is 14.0. The van der Waals surface area contributed by atoms with Gasteiger partial charge in [-0.15, -0.1) is 24.0 Å². The Kier molecular flexibility index (Phi) is 8.70. The lowest BCUT2D eigenvalue weighted by Gasteiger charge is -2.22. The Hall–Kier alpha value is -0.890. The molecule has 1 aromatic carbocycles. The Balaban J connectivity index is 0.00000242. The summed E-state index contributed by atoms with van der Waals surface area (Å²) >= 11 is 0. The van der Waals surface area contributed by atoms with E-state index in [9.17, 15) is 4.39 Å². The molecule has 0 radical (unpaired) electrons. The molecule has 124 valence electrons. The Morgan fingerprint density at radius 2 is 2.23 bits per heavy atom. The molecule has 0 unspecified atom stereocenters. The molecule has 0 amide bonds. The van der Waals surface area contributed by atoms with E-state index in [-0.39, 0.29) is 29.8 Å². The average Bonchev–Trinajstić information content (AvgIpc) is 3.27. The van der Waals surface area contributed by atoms with Crippen LogP contribution >= 0.6 is 24.0 Å². The first-order valence-corrected chi connectivity index (χ1v) is 7.43. The first-order chi connectivity index (χ1) is 10.2. The molecule has 0 saturated heterocycles. The molecule has 0 heterocycles. The molecule has 1 aliphatic rings. The molecular weight excluding hydrogens is 396 g/mol. The van der Waals surface area contributed by atoms with Crippen molar-refractivity contribution in [2.24, 2.45) is 10.9 Å². The highest BCUT2D eigenvalue weighted by atomic mass is 127. The van der Waals surface area contributed by atoms with Crippen molar-refractivity contribution < 1.29 is 9.13 Å². The Morgan fingerprint density at radius 3 is 2.86 bits per heavy atom. The fourth-order valence-electron chi connectivity index (χ4n) is 2.14. The van der Waals surface area contributed by atoms with Crippen molar-refractivity contribution in [1.29, 1.82) is 0 Å². The maximum atomic E-state index is 13.2. The summed E-state index contributed by atoms with van der Waals surface area (Å²) < 4.78 is 18.8. The summed E-state index contributed by atoms with van der Waals surface area (Å²) in [4.78, 5) is 6.20. The van der Waals surface area contributed by atoms with Gasteiger partial charge in [-0.2, -0.15) is 0 Å². The van der Waals surface area contributed by atoms with Crippen LogP contribution in [-0.4, -0.2) is 44.7 Å². The van der Waals surface area contributed by atoms with Crippen LogP contribution in [0.15, 0.2) is 29.3 Å². The van der Waals surface area contributed by atoms with Crippen LogP contribution in [0.4, 0.5) is 4.39 Å². The summed E-state index contributed by atoms with van der Waals surface area (Å²) in [6.07, 6.45) is 2.62. The largest absolute Gasteiger partial charge is 0.379 e.